The molecule has 4 aromatic rings. The Morgan fingerprint density at radius 2 is 1.92 bits per heavy atom. The van der Waals surface area contributed by atoms with E-state index in [2.05, 4.69) is 4.37 Å². The molecule has 196 valence electrons. The zero-order chi connectivity index (χ0) is 27.6. The van der Waals surface area contributed by atoms with E-state index in [1.54, 1.807) is 24.3 Å². The number of halogens is 3. The average Bonchev–Trinajstić information content (AvgIpc) is 3.28. The lowest BCUT2D eigenvalue weighted by atomic mass is 10.0. The first-order chi connectivity index (χ1) is 18.0. The van der Waals surface area contributed by atoms with Crippen molar-refractivity contribution in [3.8, 4) is 28.8 Å². The molecule has 0 fully saturated rings. The van der Waals surface area contributed by atoms with Crippen molar-refractivity contribution in [3.63, 3.8) is 0 Å². The normalized spacial score (nSPS) is 11.4. The van der Waals surface area contributed by atoms with Crippen molar-refractivity contribution in [1.29, 1.82) is 5.26 Å². The number of hydrogen-bond donors (Lipinski definition) is 0. The summed E-state index contributed by atoms with van der Waals surface area (Å²) in [4.78, 5) is 37.1. The number of carbonyl (C=O) groups excluding carboxylic acids is 1. The third-order valence-electron chi connectivity index (χ3n) is 5.62. The molecule has 0 bridgehead atoms. The standard InChI is InChI=1S/C25H19F3N4O5S/c1-14-4-6-16(37-13-22(34)36-9-3-8-29)11-17(14)23-18-10-15(5-7-19(18)38-30-23)32-21(33)12-20(25(26,27)28)31(2)24(32)35/h4-7,10-12H,3,9,13H2,1-2H3. The fourth-order valence-corrected chi connectivity index (χ4v) is 4.50. The summed E-state index contributed by atoms with van der Waals surface area (Å²) in [5.41, 5.74) is -1.54. The molecule has 9 nitrogen and oxygen atoms in total. The number of nitriles is 1. The van der Waals surface area contributed by atoms with Gasteiger partial charge in [-0.3, -0.25) is 9.36 Å². The number of esters is 1. The van der Waals surface area contributed by atoms with Crippen LogP contribution in [0.2, 0.25) is 0 Å². The summed E-state index contributed by atoms with van der Waals surface area (Å²) in [6.45, 7) is 1.44. The Morgan fingerprint density at radius 1 is 1.16 bits per heavy atom. The van der Waals surface area contributed by atoms with Gasteiger partial charge in [0.1, 0.15) is 18.1 Å². The first kappa shape index (κ1) is 26.6. The van der Waals surface area contributed by atoms with Gasteiger partial charge in [0.15, 0.2) is 6.61 Å². The number of aryl methyl sites for hydroxylation is 1. The summed E-state index contributed by atoms with van der Waals surface area (Å²) in [5, 5.41) is 9.09. The fraction of sp³-hybridized carbons (Fsp3) is 0.240. The molecule has 0 spiro atoms. The van der Waals surface area contributed by atoms with Gasteiger partial charge in [-0.05, 0) is 54.4 Å². The van der Waals surface area contributed by atoms with Crippen molar-refractivity contribution in [2.24, 2.45) is 7.05 Å². The van der Waals surface area contributed by atoms with Crippen LogP contribution in [0, 0.1) is 18.3 Å². The van der Waals surface area contributed by atoms with Gasteiger partial charge in [-0.2, -0.15) is 22.8 Å². The topological polar surface area (TPSA) is 116 Å². The molecular formula is C25H19F3N4O5S. The van der Waals surface area contributed by atoms with Crippen molar-refractivity contribution in [2.45, 2.75) is 19.5 Å². The van der Waals surface area contributed by atoms with E-state index in [-0.39, 0.29) is 25.3 Å². The molecule has 0 unspecified atom stereocenters. The molecular weight excluding hydrogens is 525 g/mol. The molecule has 13 heteroatoms. The summed E-state index contributed by atoms with van der Waals surface area (Å²) in [6, 6.07) is 11.9. The molecule has 0 aliphatic rings. The lowest BCUT2D eigenvalue weighted by Gasteiger charge is -2.14. The van der Waals surface area contributed by atoms with E-state index >= 15 is 0 Å². The Hall–Kier alpha value is -4.44. The molecule has 0 saturated carbocycles. The monoisotopic (exact) mass is 544 g/mol. The highest BCUT2D eigenvalue weighted by atomic mass is 32.1. The molecule has 0 atom stereocenters. The van der Waals surface area contributed by atoms with Gasteiger partial charge in [-0.25, -0.2) is 14.2 Å². The number of aromatic nitrogens is 3. The molecule has 2 aromatic carbocycles. The van der Waals surface area contributed by atoms with Gasteiger partial charge in [-0.15, -0.1) is 0 Å². The van der Waals surface area contributed by atoms with E-state index < -0.39 is 29.1 Å². The van der Waals surface area contributed by atoms with Crippen LogP contribution in [0.5, 0.6) is 5.75 Å². The predicted molar refractivity (Wildman–Crippen MR) is 132 cm³/mol. The van der Waals surface area contributed by atoms with Crippen molar-refractivity contribution in [2.75, 3.05) is 13.2 Å². The number of ether oxygens (including phenoxy) is 2. The Morgan fingerprint density at radius 3 is 2.63 bits per heavy atom. The van der Waals surface area contributed by atoms with Gasteiger partial charge in [0.25, 0.3) is 5.56 Å². The quantitative estimate of drug-likeness (QED) is 0.255. The highest BCUT2D eigenvalue weighted by molar-refractivity contribution is 7.13. The molecule has 0 amide bonds. The molecule has 2 heterocycles. The Kier molecular flexibility index (Phi) is 7.36. The number of alkyl halides is 3. The lowest BCUT2D eigenvalue weighted by Crippen LogP contribution is -2.40. The van der Waals surface area contributed by atoms with Crippen molar-refractivity contribution < 1.29 is 27.4 Å². The van der Waals surface area contributed by atoms with Gasteiger partial charge in [0, 0.05) is 24.1 Å². The van der Waals surface area contributed by atoms with Crippen LogP contribution in [-0.2, 0) is 22.8 Å². The smallest absolute Gasteiger partial charge is 0.431 e. The number of carbonyl (C=O) groups is 1. The molecule has 38 heavy (non-hydrogen) atoms. The minimum absolute atomic E-state index is 0.0316. The number of hydrogen-bond acceptors (Lipinski definition) is 8. The third kappa shape index (κ3) is 5.30. The maximum atomic E-state index is 13.2. The number of fused-ring (bicyclic) bond motifs is 1. The average molecular weight is 545 g/mol. The summed E-state index contributed by atoms with van der Waals surface area (Å²) in [6.07, 6.45) is -4.79. The van der Waals surface area contributed by atoms with E-state index in [0.717, 1.165) is 24.1 Å². The maximum Gasteiger partial charge on any atom is 0.431 e. The molecule has 0 aliphatic carbocycles. The summed E-state index contributed by atoms with van der Waals surface area (Å²) >= 11 is 1.16. The Labute approximate surface area is 217 Å². The van der Waals surface area contributed by atoms with Crippen molar-refractivity contribution >= 4 is 27.6 Å². The number of benzene rings is 2. The maximum absolute atomic E-state index is 13.2. The minimum atomic E-state index is -4.86. The zero-order valence-corrected chi connectivity index (χ0v) is 20.9. The van der Waals surface area contributed by atoms with E-state index in [1.807, 2.05) is 13.0 Å². The molecule has 0 aliphatic heterocycles. The van der Waals surface area contributed by atoms with Crippen LogP contribution in [0.15, 0.2) is 52.1 Å². The molecule has 0 saturated heterocycles. The fourth-order valence-electron chi connectivity index (χ4n) is 3.74. The number of nitrogens with zero attached hydrogens (tertiary/aromatic N) is 4. The SMILES string of the molecule is Cc1ccc(OCC(=O)OCCC#N)cc1-c1nsc2ccc(-n3c(=O)cc(C(F)(F)F)n(C)c3=O)cc12. The highest BCUT2D eigenvalue weighted by Gasteiger charge is 2.35. The number of rotatable bonds is 7. The summed E-state index contributed by atoms with van der Waals surface area (Å²) < 4.78 is 56.3. The zero-order valence-electron chi connectivity index (χ0n) is 20.0. The van der Waals surface area contributed by atoms with E-state index in [0.29, 0.717) is 42.3 Å². The molecule has 2 aromatic heterocycles. The lowest BCUT2D eigenvalue weighted by molar-refractivity contribution is -0.146. The van der Waals surface area contributed by atoms with Crippen molar-refractivity contribution in [3.05, 3.63) is 74.6 Å². The largest absolute Gasteiger partial charge is 0.482 e. The van der Waals surface area contributed by atoms with Crippen LogP contribution in [0.3, 0.4) is 0 Å². The van der Waals surface area contributed by atoms with E-state index in [4.69, 9.17) is 14.7 Å². The van der Waals surface area contributed by atoms with Crippen molar-refractivity contribution in [1.82, 2.24) is 13.5 Å². The molecule has 0 N–H and O–H groups in total. The molecule has 0 radical (unpaired) electrons. The third-order valence-corrected chi connectivity index (χ3v) is 6.45. The predicted octanol–water partition coefficient (Wildman–Crippen LogP) is 3.98. The van der Waals surface area contributed by atoms with Crippen LogP contribution in [0.25, 0.3) is 27.0 Å². The second kappa shape index (κ2) is 10.5. The van der Waals surface area contributed by atoms with E-state index in [1.165, 1.54) is 12.1 Å². The first-order valence-electron chi connectivity index (χ1n) is 11.1. The van der Waals surface area contributed by atoms with Crippen LogP contribution in [-0.4, -0.2) is 32.7 Å². The van der Waals surface area contributed by atoms with Gasteiger partial charge in [0.2, 0.25) is 0 Å². The van der Waals surface area contributed by atoms with Crippen LogP contribution >= 0.6 is 11.5 Å². The van der Waals surface area contributed by atoms with Gasteiger partial charge in [0.05, 0.1) is 28.6 Å². The van der Waals surface area contributed by atoms with Gasteiger partial charge in [-0.1, -0.05) is 6.07 Å². The van der Waals surface area contributed by atoms with E-state index in [9.17, 15) is 27.6 Å². The summed E-state index contributed by atoms with van der Waals surface area (Å²) in [7, 11) is 0.950. The first-order valence-corrected chi connectivity index (χ1v) is 11.8. The highest BCUT2D eigenvalue weighted by Crippen LogP contribution is 2.35. The second-order valence-electron chi connectivity index (χ2n) is 8.15. The Balaban J connectivity index is 1.72. The van der Waals surface area contributed by atoms with Gasteiger partial charge < -0.3 is 9.47 Å². The second-order valence-corrected chi connectivity index (χ2v) is 8.95. The van der Waals surface area contributed by atoms with Crippen LogP contribution in [0.4, 0.5) is 13.2 Å². The van der Waals surface area contributed by atoms with Gasteiger partial charge >= 0.3 is 17.8 Å². The van der Waals surface area contributed by atoms with Crippen LogP contribution < -0.4 is 16.0 Å². The summed E-state index contributed by atoms with van der Waals surface area (Å²) in [5.74, 6) is -0.275. The Bertz CT molecular complexity index is 1700. The minimum Gasteiger partial charge on any atom is -0.482 e. The molecule has 4 rings (SSSR count). The van der Waals surface area contributed by atoms with Crippen LogP contribution in [0.1, 0.15) is 17.7 Å².